The van der Waals surface area contributed by atoms with Gasteiger partial charge in [-0.2, -0.15) is 15.0 Å². The van der Waals surface area contributed by atoms with E-state index in [0.29, 0.717) is 0 Å². The molecule has 0 saturated carbocycles. The Kier molecular flexibility index (Phi) is 3.83. The maximum absolute atomic E-state index is 8.58. The fraction of sp³-hybridized carbons (Fsp3) is 0.500. The SMILES string of the molecule is COCNc1nc(N)nc(NCO)n1. The second kappa shape index (κ2) is 5.14. The van der Waals surface area contributed by atoms with Gasteiger partial charge in [0.15, 0.2) is 0 Å². The van der Waals surface area contributed by atoms with E-state index in [1.165, 1.54) is 7.11 Å². The van der Waals surface area contributed by atoms with E-state index in [1.807, 2.05) is 0 Å². The number of aliphatic hydroxyl groups excluding tert-OH is 1. The molecule has 0 radical (unpaired) electrons. The van der Waals surface area contributed by atoms with Crippen molar-refractivity contribution in [1.82, 2.24) is 15.0 Å². The van der Waals surface area contributed by atoms with Crippen molar-refractivity contribution >= 4 is 17.8 Å². The summed E-state index contributed by atoms with van der Waals surface area (Å²) >= 11 is 0. The predicted octanol–water partition coefficient (Wildman–Crippen LogP) is -1.17. The number of hydrogen-bond donors (Lipinski definition) is 4. The third kappa shape index (κ3) is 2.99. The summed E-state index contributed by atoms with van der Waals surface area (Å²) < 4.78 is 4.76. The highest BCUT2D eigenvalue weighted by molar-refractivity contribution is 5.39. The molecule has 0 bridgehead atoms. The van der Waals surface area contributed by atoms with Crippen LogP contribution >= 0.6 is 0 Å². The Morgan fingerprint density at radius 2 is 1.93 bits per heavy atom. The molecule has 8 nitrogen and oxygen atoms in total. The number of methoxy groups -OCH3 is 1. The Bertz CT molecular complexity index is 294. The van der Waals surface area contributed by atoms with Gasteiger partial charge in [0.2, 0.25) is 17.8 Å². The average Bonchev–Trinajstić information content (AvgIpc) is 2.14. The number of anilines is 3. The molecule has 0 atom stereocenters. The molecule has 0 fully saturated rings. The van der Waals surface area contributed by atoms with Crippen molar-refractivity contribution in [2.75, 3.05) is 36.9 Å². The third-order valence-corrected chi connectivity index (χ3v) is 1.26. The minimum atomic E-state index is -0.271. The number of aliphatic hydroxyl groups is 1. The van der Waals surface area contributed by atoms with Crippen molar-refractivity contribution < 1.29 is 9.84 Å². The quantitative estimate of drug-likeness (QED) is 0.439. The Morgan fingerprint density at radius 1 is 1.29 bits per heavy atom. The van der Waals surface area contributed by atoms with Crippen LogP contribution in [0.1, 0.15) is 0 Å². The van der Waals surface area contributed by atoms with E-state index in [-0.39, 0.29) is 31.3 Å². The van der Waals surface area contributed by atoms with Gasteiger partial charge >= 0.3 is 0 Å². The van der Waals surface area contributed by atoms with Crippen LogP contribution in [0.3, 0.4) is 0 Å². The van der Waals surface area contributed by atoms with Crippen molar-refractivity contribution in [3.05, 3.63) is 0 Å². The lowest BCUT2D eigenvalue weighted by Crippen LogP contribution is -2.12. The molecule has 5 N–H and O–H groups in total. The molecular weight excluding hydrogens is 188 g/mol. The maximum Gasteiger partial charge on any atom is 0.231 e. The molecule has 0 spiro atoms. The molecule has 0 aromatic carbocycles. The van der Waals surface area contributed by atoms with E-state index in [2.05, 4.69) is 25.6 Å². The molecule has 1 heterocycles. The molecule has 1 rings (SSSR count). The van der Waals surface area contributed by atoms with Crippen LogP contribution in [-0.4, -0.2) is 40.6 Å². The highest BCUT2D eigenvalue weighted by Crippen LogP contribution is 2.05. The van der Waals surface area contributed by atoms with E-state index in [0.717, 1.165) is 0 Å². The van der Waals surface area contributed by atoms with Crippen LogP contribution in [0.2, 0.25) is 0 Å². The number of hydrogen-bond acceptors (Lipinski definition) is 8. The van der Waals surface area contributed by atoms with Gasteiger partial charge in [0.1, 0.15) is 13.5 Å². The molecule has 0 aliphatic heterocycles. The molecule has 0 amide bonds. The number of rotatable bonds is 5. The molecular formula is C6H12N6O2. The summed E-state index contributed by atoms with van der Waals surface area (Å²) in [6.07, 6.45) is 0. The number of nitrogens with two attached hydrogens (primary N) is 1. The number of ether oxygens (including phenoxy) is 1. The molecule has 78 valence electrons. The number of aromatic nitrogens is 3. The minimum absolute atomic E-state index is 0.0644. The van der Waals surface area contributed by atoms with Crippen molar-refractivity contribution in [3.63, 3.8) is 0 Å². The van der Waals surface area contributed by atoms with Gasteiger partial charge in [0, 0.05) is 7.11 Å². The maximum atomic E-state index is 8.58. The second-order valence-electron chi connectivity index (χ2n) is 2.29. The van der Waals surface area contributed by atoms with Gasteiger partial charge in [-0.15, -0.1) is 0 Å². The van der Waals surface area contributed by atoms with Crippen molar-refractivity contribution in [2.24, 2.45) is 0 Å². The van der Waals surface area contributed by atoms with E-state index < -0.39 is 0 Å². The zero-order valence-electron chi connectivity index (χ0n) is 7.69. The van der Waals surface area contributed by atoms with Gasteiger partial charge in [-0.1, -0.05) is 0 Å². The first kappa shape index (κ1) is 10.4. The molecule has 8 heteroatoms. The fourth-order valence-corrected chi connectivity index (χ4v) is 0.758. The summed E-state index contributed by atoms with van der Waals surface area (Å²) in [6.45, 7) is -0.00477. The first-order valence-electron chi connectivity index (χ1n) is 3.85. The lowest BCUT2D eigenvalue weighted by molar-refractivity contribution is 0.220. The van der Waals surface area contributed by atoms with E-state index in [1.54, 1.807) is 0 Å². The van der Waals surface area contributed by atoms with E-state index in [4.69, 9.17) is 15.6 Å². The molecule has 14 heavy (non-hydrogen) atoms. The topological polar surface area (TPSA) is 118 Å². The molecule has 1 aromatic heterocycles. The summed E-state index contributed by atoms with van der Waals surface area (Å²) in [5, 5.41) is 13.8. The summed E-state index contributed by atoms with van der Waals surface area (Å²) in [6, 6.07) is 0. The van der Waals surface area contributed by atoms with Gasteiger partial charge in [-0.05, 0) is 0 Å². The van der Waals surface area contributed by atoms with Gasteiger partial charge in [-0.3, -0.25) is 0 Å². The van der Waals surface area contributed by atoms with Gasteiger partial charge in [0.25, 0.3) is 0 Å². The Balaban J connectivity index is 2.73. The lowest BCUT2D eigenvalue weighted by atomic mass is 10.8. The molecule has 0 unspecified atom stereocenters. The highest BCUT2D eigenvalue weighted by Gasteiger charge is 2.02. The van der Waals surface area contributed by atoms with Gasteiger partial charge < -0.3 is 26.2 Å². The average molecular weight is 200 g/mol. The van der Waals surface area contributed by atoms with E-state index >= 15 is 0 Å². The summed E-state index contributed by atoms with van der Waals surface area (Å²) in [5.41, 5.74) is 5.40. The Hall–Kier alpha value is -1.67. The van der Waals surface area contributed by atoms with Gasteiger partial charge in [0.05, 0.1) is 0 Å². The van der Waals surface area contributed by atoms with Crippen LogP contribution in [0.5, 0.6) is 0 Å². The zero-order chi connectivity index (χ0) is 10.4. The van der Waals surface area contributed by atoms with Crippen LogP contribution in [-0.2, 0) is 4.74 Å². The van der Waals surface area contributed by atoms with Crippen molar-refractivity contribution in [1.29, 1.82) is 0 Å². The predicted molar refractivity (Wildman–Crippen MR) is 50.4 cm³/mol. The Labute approximate surface area is 80.5 Å². The van der Waals surface area contributed by atoms with Crippen molar-refractivity contribution in [3.8, 4) is 0 Å². The highest BCUT2D eigenvalue weighted by atomic mass is 16.5. The lowest BCUT2D eigenvalue weighted by Gasteiger charge is -2.06. The van der Waals surface area contributed by atoms with E-state index in [9.17, 15) is 0 Å². The largest absolute Gasteiger partial charge is 0.376 e. The molecule has 1 aromatic rings. The smallest absolute Gasteiger partial charge is 0.231 e. The van der Waals surface area contributed by atoms with Crippen molar-refractivity contribution in [2.45, 2.75) is 0 Å². The molecule has 0 saturated heterocycles. The van der Waals surface area contributed by atoms with Crippen LogP contribution in [0.25, 0.3) is 0 Å². The minimum Gasteiger partial charge on any atom is -0.376 e. The third-order valence-electron chi connectivity index (χ3n) is 1.26. The van der Waals surface area contributed by atoms with Crippen LogP contribution < -0.4 is 16.4 Å². The number of nitrogens with zero attached hydrogens (tertiary/aromatic N) is 3. The second-order valence-corrected chi connectivity index (χ2v) is 2.29. The fourth-order valence-electron chi connectivity index (χ4n) is 0.758. The molecule has 0 aliphatic rings. The van der Waals surface area contributed by atoms with Crippen LogP contribution in [0, 0.1) is 0 Å². The zero-order valence-corrected chi connectivity index (χ0v) is 7.69. The normalized spacial score (nSPS) is 9.86. The standard InChI is InChI=1S/C6H12N6O2/c1-14-3-9-6-11-4(7)10-5(12-6)8-2-13/h13H,2-3H2,1H3,(H4,7,8,9,10,11,12). The monoisotopic (exact) mass is 200 g/mol. The summed E-state index contributed by atoms with van der Waals surface area (Å²) in [4.78, 5) is 11.4. The molecule has 0 aliphatic carbocycles. The first-order chi connectivity index (χ1) is 6.76. The summed E-state index contributed by atoms with van der Waals surface area (Å²) in [7, 11) is 1.53. The van der Waals surface area contributed by atoms with Crippen LogP contribution in [0.4, 0.5) is 17.8 Å². The first-order valence-corrected chi connectivity index (χ1v) is 3.85. The summed E-state index contributed by atoms with van der Waals surface area (Å²) in [5.74, 6) is 0.559. The van der Waals surface area contributed by atoms with Crippen LogP contribution in [0.15, 0.2) is 0 Å². The van der Waals surface area contributed by atoms with Gasteiger partial charge in [-0.25, -0.2) is 0 Å². The Morgan fingerprint density at radius 3 is 2.50 bits per heavy atom. The number of nitrogen functional groups attached to an aromatic ring is 1. The number of nitrogens with one attached hydrogen (secondary N) is 2.